The maximum Gasteiger partial charge on any atom is 0.222 e. The van der Waals surface area contributed by atoms with Crippen molar-refractivity contribution in [2.45, 2.75) is 126 Å². The van der Waals surface area contributed by atoms with Crippen molar-refractivity contribution in [1.29, 1.82) is 0 Å². The Morgan fingerprint density at radius 2 is 1.58 bits per heavy atom. The number of carbonyl (C=O) groups excluding carboxylic acids is 1. The Kier molecular flexibility index (Phi) is 18.6. The van der Waals surface area contributed by atoms with Crippen LogP contribution in [0.2, 0.25) is 0 Å². The second kappa shape index (κ2) is 21.8. The van der Waals surface area contributed by atoms with Crippen LogP contribution < -0.4 is 10.5 Å². The molecule has 1 saturated heterocycles. The van der Waals surface area contributed by atoms with Crippen molar-refractivity contribution in [3.63, 3.8) is 0 Å². The molecular formula is C38H60N4O8S3. The summed E-state index contributed by atoms with van der Waals surface area (Å²) in [6.07, 6.45) is 5.11. The largest absolute Gasteiger partial charge is 0.457 e. The number of aliphatic hydroxyl groups excluding tert-OH is 4. The number of ether oxygens (including phenoxy) is 3. The number of nitrogens with two attached hydrogens (primary N) is 1. The summed E-state index contributed by atoms with van der Waals surface area (Å²) in [5.74, 6) is 2.44. The number of carbonyl (C=O) groups is 1. The van der Waals surface area contributed by atoms with Gasteiger partial charge in [0.25, 0.3) is 0 Å². The molecule has 6 rings (SSSR count). The molecule has 4 aliphatic rings. The van der Waals surface area contributed by atoms with Gasteiger partial charge in [0.05, 0.1) is 18.9 Å². The molecule has 12 nitrogen and oxygen atoms in total. The molecule has 0 unspecified atom stereocenters. The van der Waals surface area contributed by atoms with Crippen molar-refractivity contribution in [2.24, 2.45) is 16.6 Å². The average molecular weight is 797 g/mol. The number of nitrogens with zero attached hydrogens (tertiary/aromatic N) is 3. The lowest BCUT2D eigenvalue weighted by molar-refractivity contribution is -0.301. The number of benzene rings is 2. The molecule has 2 aliphatic carbocycles. The number of guanidine groups is 1. The summed E-state index contributed by atoms with van der Waals surface area (Å²) >= 11 is 0. The predicted molar refractivity (Wildman–Crippen MR) is 219 cm³/mol. The summed E-state index contributed by atoms with van der Waals surface area (Å²) in [6.45, 7) is 0.440. The van der Waals surface area contributed by atoms with Crippen LogP contribution in [0, 0.1) is 5.92 Å². The Bertz CT molecular complexity index is 1430. The first kappa shape index (κ1) is 45.2. The van der Waals surface area contributed by atoms with E-state index < -0.39 is 37.3 Å². The van der Waals surface area contributed by atoms with E-state index in [0.29, 0.717) is 37.8 Å². The van der Waals surface area contributed by atoms with Crippen LogP contribution in [0.1, 0.15) is 82.6 Å². The van der Waals surface area contributed by atoms with Gasteiger partial charge in [-0.2, -0.15) is 40.5 Å². The molecular weight excluding hydrogens is 737 g/mol. The lowest BCUT2D eigenvalue weighted by atomic mass is 9.81. The number of aliphatic hydroxyl groups is 4. The Morgan fingerprint density at radius 3 is 2.26 bits per heavy atom. The third-order valence-electron chi connectivity index (χ3n) is 10.9. The number of hydrogen-bond acceptors (Lipinski definition) is 11. The minimum atomic E-state index is -1.51. The number of rotatable bonds is 13. The van der Waals surface area contributed by atoms with Gasteiger partial charge in [-0.25, -0.2) is 4.99 Å². The Balaban J connectivity index is 0.00000252. The number of fused-ring (bicyclic) bond motifs is 1. The number of para-hydroxylation sites is 1. The summed E-state index contributed by atoms with van der Waals surface area (Å²) in [4.78, 5) is 23.1. The van der Waals surface area contributed by atoms with Gasteiger partial charge in [0.2, 0.25) is 5.91 Å². The Morgan fingerprint density at radius 1 is 0.906 bits per heavy atom. The van der Waals surface area contributed by atoms with Crippen LogP contribution in [-0.4, -0.2) is 105 Å². The van der Waals surface area contributed by atoms with Gasteiger partial charge >= 0.3 is 0 Å². The van der Waals surface area contributed by atoms with Crippen molar-refractivity contribution in [3.05, 3.63) is 54.1 Å². The minimum Gasteiger partial charge on any atom is -0.457 e. The van der Waals surface area contributed by atoms with E-state index in [2.05, 4.69) is 4.90 Å². The molecule has 6 N–H and O–H groups in total. The van der Waals surface area contributed by atoms with Crippen LogP contribution in [0.25, 0.3) is 0 Å². The summed E-state index contributed by atoms with van der Waals surface area (Å²) in [5, 5.41) is 40.3. The van der Waals surface area contributed by atoms with E-state index in [1.807, 2.05) is 53.4 Å². The zero-order chi connectivity index (χ0) is 35.0. The van der Waals surface area contributed by atoms with E-state index in [4.69, 9.17) is 24.9 Å². The van der Waals surface area contributed by atoms with Crippen LogP contribution in [0.15, 0.2) is 53.5 Å². The smallest absolute Gasteiger partial charge is 0.222 e. The topological polar surface area (TPSA) is 171 Å². The fraction of sp³-hybridized carbons (Fsp3) is 0.632. The standard InChI is InChI=1S/C38H54N4O8.3H2S/c39-38-40-30-17-16-29(49-28-14-8-3-9-15-28)22-26(30)23-42(38)31(25-10-4-1-5-11-25)18-19-33(44)41(27-12-6-2-7-13-27)20-21-48-37-36(47)35(46)34(45)32(24-43)50-37;;;/h3,8-9,14-17,22,25,27,31-32,34-37,43,45-47H,1-2,4-7,10-13,18-21,23-24H2,(H2,39,40);3*1H2/t31-,32+,34+,35-,36+,37+;;;/m0.../s1. The molecule has 2 heterocycles. The lowest BCUT2D eigenvalue weighted by Crippen LogP contribution is -2.59. The molecule has 15 heteroatoms. The van der Waals surface area contributed by atoms with Gasteiger partial charge in [0.1, 0.15) is 35.9 Å². The van der Waals surface area contributed by atoms with E-state index in [0.717, 1.165) is 80.5 Å². The summed E-state index contributed by atoms with van der Waals surface area (Å²) in [6, 6.07) is 15.7. The van der Waals surface area contributed by atoms with Crippen molar-refractivity contribution in [2.75, 3.05) is 19.8 Å². The molecule has 3 fully saturated rings. The second-order valence-corrected chi connectivity index (χ2v) is 14.3. The van der Waals surface area contributed by atoms with Crippen LogP contribution in [0.4, 0.5) is 5.69 Å². The molecule has 2 aliphatic heterocycles. The van der Waals surface area contributed by atoms with Crippen LogP contribution in [-0.2, 0) is 20.8 Å². The van der Waals surface area contributed by atoms with E-state index in [9.17, 15) is 25.2 Å². The molecule has 53 heavy (non-hydrogen) atoms. The zero-order valence-electron chi connectivity index (χ0n) is 30.4. The minimum absolute atomic E-state index is 0. The Labute approximate surface area is 334 Å². The van der Waals surface area contributed by atoms with Gasteiger partial charge in [-0.1, -0.05) is 56.7 Å². The molecule has 6 atom stereocenters. The van der Waals surface area contributed by atoms with Gasteiger partial charge in [-0.05, 0) is 68.4 Å². The van der Waals surface area contributed by atoms with Gasteiger partial charge in [0.15, 0.2) is 12.2 Å². The molecule has 298 valence electrons. The van der Waals surface area contributed by atoms with Crippen molar-refractivity contribution in [3.8, 4) is 11.5 Å². The highest BCUT2D eigenvalue weighted by Gasteiger charge is 2.44. The fourth-order valence-electron chi connectivity index (χ4n) is 8.18. The molecule has 2 saturated carbocycles. The average Bonchev–Trinajstić information content (AvgIpc) is 3.14. The first-order chi connectivity index (χ1) is 24.3. The van der Waals surface area contributed by atoms with Crippen LogP contribution >= 0.6 is 40.5 Å². The number of amides is 1. The highest BCUT2D eigenvalue weighted by Crippen LogP contribution is 2.37. The summed E-state index contributed by atoms with van der Waals surface area (Å²) in [5.41, 5.74) is 8.55. The van der Waals surface area contributed by atoms with Crippen LogP contribution in [0.3, 0.4) is 0 Å². The molecule has 2 aromatic carbocycles. The maximum absolute atomic E-state index is 14.1. The highest BCUT2D eigenvalue weighted by molar-refractivity contribution is 7.59. The van der Waals surface area contributed by atoms with E-state index in [1.54, 1.807) is 0 Å². The molecule has 0 bridgehead atoms. The van der Waals surface area contributed by atoms with Gasteiger partial charge in [-0.3, -0.25) is 4.79 Å². The summed E-state index contributed by atoms with van der Waals surface area (Å²) < 4.78 is 17.5. The Hall–Kier alpha value is -2.21. The van der Waals surface area contributed by atoms with Crippen molar-refractivity contribution >= 4 is 58.0 Å². The molecule has 1 amide bonds. The third kappa shape index (κ3) is 11.4. The number of aliphatic imine (C=N–C) groups is 1. The van der Waals surface area contributed by atoms with Crippen molar-refractivity contribution in [1.82, 2.24) is 9.80 Å². The second-order valence-electron chi connectivity index (χ2n) is 14.3. The van der Waals surface area contributed by atoms with E-state index in [1.165, 1.54) is 6.42 Å². The quantitative estimate of drug-likeness (QED) is 0.197. The van der Waals surface area contributed by atoms with Crippen molar-refractivity contribution < 1.29 is 39.4 Å². The first-order valence-corrected chi connectivity index (χ1v) is 18.5. The summed E-state index contributed by atoms with van der Waals surface area (Å²) in [7, 11) is 0. The predicted octanol–water partition coefficient (Wildman–Crippen LogP) is 4.29. The SMILES string of the molecule is NC1=Nc2ccc(Oc3ccccc3)cc2CN1[C@@H](CCC(=O)N(CCO[C@@H]1O[C@H](CO)[C@@H](O)[C@H](O)[C@H]1O)C1CCCCC1)C1CCCCC1.S.S.S. The zero-order valence-corrected chi connectivity index (χ0v) is 33.4. The van der Waals surface area contributed by atoms with Gasteiger partial charge in [-0.15, -0.1) is 0 Å². The van der Waals surface area contributed by atoms with Gasteiger partial charge in [0, 0.05) is 37.2 Å². The monoisotopic (exact) mass is 796 g/mol. The van der Waals surface area contributed by atoms with Gasteiger partial charge < -0.3 is 50.2 Å². The lowest BCUT2D eigenvalue weighted by Gasteiger charge is -2.42. The highest BCUT2D eigenvalue weighted by atomic mass is 32.1. The maximum atomic E-state index is 14.1. The van der Waals surface area contributed by atoms with Crippen LogP contribution in [0.5, 0.6) is 11.5 Å². The van der Waals surface area contributed by atoms with E-state index in [-0.39, 0.29) is 65.1 Å². The number of hydrogen-bond donors (Lipinski definition) is 5. The fourth-order valence-corrected chi connectivity index (χ4v) is 8.18. The molecule has 0 radical (unpaired) electrons. The normalized spacial score (nSPS) is 25.4. The third-order valence-corrected chi connectivity index (χ3v) is 10.9. The van der Waals surface area contributed by atoms with E-state index >= 15 is 0 Å². The molecule has 0 spiro atoms. The first-order valence-electron chi connectivity index (χ1n) is 18.5. The molecule has 0 aromatic heterocycles. The molecule has 2 aromatic rings.